The number of oxime groups is 1. The van der Waals surface area contributed by atoms with E-state index in [1.807, 2.05) is 16.7 Å². The van der Waals surface area contributed by atoms with Crippen molar-refractivity contribution in [1.29, 1.82) is 0 Å². The summed E-state index contributed by atoms with van der Waals surface area (Å²) in [4.78, 5) is 12.7. The molecule has 7 heteroatoms. The number of carbonyl (C=O) groups excluding carboxylic acids is 1. The quantitative estimate of drug-likeness (QED) is 0.270. The van der Waals surface area contributed by atoms with Crippen LogP contribution < -0.4 is 5.73 Å². The molecular formula is C21H27N3O4. The molecular weight excluding hydrogens is 358 g/mol. The van der Waals surface area contributed by atoms with E-state index < -0.39 is 5.54 Å². The van der Waals surface area contributed by atoms with Gasteiger partial charge in [0.15, 0.2) is 5.84 Å². The van der Waals surface area contributed by atoms with E-state index in [4.69, 9.17) is 15.2 Å². The third-order valence-electron chi connectivity index (χ3n) is 6.20. The normalized spacial score (nSPS) is 20.1. The summed E-state index contributed by atoms with van der Waals surface area (Å²) in [6.07, 6.45) is 4.41. The molecule has 150 valence electrons. The fourth-order valence-electron chi connectivity index (χ4n) is 4.53. The Bertz CT molecular complexity index is 908. The molecule has 2 heterocycles. The lowest BCUT2D eigenvalue weighted by Gasteiger charge is -2.43. The van der Waals surface area contributed by atoms with Crippen LogP contribution in [0.5, 0.6) is 0 Å². The van der Waals surface area contributed by atoms with Crippen LogP contribution in [0.4, 0.5) is 0 Å². The average Bonchev–Trinajstić information content (AvgIpc) is 3.07. The summed E-state index contributed by atoms with van der Waals surface area (Å²) in [6, 6.07) is 8.21. The number of ether oxygens (including phenoxy) is 2. The minimum absolute atomic E-state index is 0.135. The number of hydrogen-bond donors (Lipinski definition) is 2. The van der Waals surface area contributed by atoms with Crippen molar-refractivity contribution >= 4 is 22.7 Å². The number of fused-ring (bicyclic) bond motifs is 1. The van der Waals surface area contributed by atoms with Crippen molar-refractivity contribution in [2.75, 3.05) is 19.8 Å². The zero-order valence-corrected chi connectivity index (χ0v) is 16.2. The van der Waals surface area contributed by atoms with Gasteiger partial charge >= 0.3 is 5.97 Å². The summed E-state index contributed by atoms with van der Waals surface area (Å²) in [5.74, 6) is 0.216. The predicted molar refractivity (Wildman–Crippen MR) is 106 cm³/mol. The van der Waals surface area contributed by atoms with Crippen LogP contribution in [-0.2, 0) is 15.0 Å². The minimum Gasteiger partial charge on any atom is -0.461 e. The van der Waals surface area contributed by atoms with E-state index in [1.54, 1.807) is 6.92 Å². The van der Waals surface area contributed by atoms with Crippen LogP contribution in [0, 0.1) is 0 Å². The van der Waals surface area contributed by atoms with E-state index in [2.05, 4.69) is 17.3 Å². The molecule has 3 N–H and O–H groups in total. The van der Waals surface area contributed by atoms with Crippen LogP contribution in [0.3, 0.4) is 0 Å². The van der Waals surface area contributed by atoms with Crippen molar-refractivity contribution < 1.29 is 19.5 Å². The number of nitrogens with two attached hydrogens (primary N) is 1. The number of amidine groups is 1. The largest absolute Gasteiger partial charge is 0.461 e. The second-order valence-corrected chi connectivity index (χ2v) is 7.66. The van der Waals surface area contributed by atoms with Gasteiger partial charge in [-0.1, -0.05) is 11.2 Å². The van der Waals surface area contributed by atoms with Crippen molar-refractivity contribution in [2.45, 2.75) is 50.5 Å². The molecule has 0 unspecified atom stereocenters. The van der Waals surface area contributed by atoms with Crippen LogP contribution in [0.25, 0.3) is 10.9 Å². The molecule has 1 aliphatic carbocycles. The van der Waals surface area contributed by atoms with E-state index in [0.29, 0.717) is 18.2 Å². The Balaban J connectivity index is 1.86. The van der Waals surface area contributed by atoms with Gasteiger partial charge < -0.3 is 25.0 Å². The summed E-state index contributed by atoms with van der Waals surface area (Å²) in [5, 5.41) is 13.6. The topological polar surface area (TPSA) is 99.1 Å². The van der Waals surface area contributed by atoms with Crippen LogP contribution in [0.2, 0.25) is 0 Å². The average molecular weight is 385 g/mol. The minimum atomic E-state index is -0.682. The summed E-state index contributed by atoms with van der Waals surface area (Å²) < 4.78 is 12.7. The molecule has 0 spiro atoms. The summed E-state index contributed by atoms with van der Waals surface area (Å²) in [5.41, 5.74) is 8.03. The molecule has 0 radical (unpaired) electrons. The maximum Gasteiger partial charge on any atom is 0.355 e. The number of nitrogens with zero attached hydrogens (tertiary/aromatic N) is 2. The van der Waals surface area contributed by atoms with Crippen LogP contribution in [0.15, 0.2) is 29.4 Å². The van der Waals surface area contributed by atoms with E-state index in [1.165, 1.54) is 5.56 Å². The zero-order chi connectivity index (χ0) is 19.7. The highest BCUT2D eigenvalue weighted by atomic mass is 16.5. The first-order chi connectivity index (χ1) is 13.6. The lowest BCUT2D eigenvalue weighted by Crippen LogP contribution is -2.52. The van der Waals surface area contributed by atoms with Crippen LogP contribution >= 0.6 is 0 Å². The standard InChI is InChI=1S/C21H27N3O4/c1-2-28-19(25)18-13-16-12-15(14-6-10-27-11-7-14)4-5-17(16)24(18)21(8-3-9-21)20(22)23-26/h4-5,12-14,26H,2-3,6-11H2,1H3,(H2,22,23). The Morgan fingerprint density at radius 2 is 2.11 bits per heavy atom. The van der Waals surface area contributed by atoms with Crippen molar-refractivity contribution in [1.82, 2.24) is 4.57 Å². The van der Waals surface area contributed by atoms with E-state index >= 15 is 0 Å². The Kier molecular flexibility index (Phi) is 5.02. The lowest BCUT2D eigenvalue weighted by atomic mass is 9.75. The van der Waals surface area contributed by atoms with E-state index in [0.717, 1.165) is 56.2 Å². The van der Waals surface area contributed by atoms with Crippen molar-refractivity contribution in [3.8, 4) is 0 Å². The monoisotopic (exact) mass is 385 g/mol. The molecule has 1 aromatic carbocycles. The molecule has 2 aromatic rings. The molecule has 1 aliphatic heterocycles. The smallest absolute Gasteiger partial charge is 0.355 e. The molecule has 7 nitrogen and oxygen atoms in total. The molecule has 4 rings (SSSR count). The first-order valence-corrected chi connectivity index (χ1v) is 9.99. The number of hydrogen-bond acceptors (Lipinski definition) is 5. The third-order valence-corrected chi connectivity index (χ3v) is 6.20. The van der Waals surface area contributed by atoms with Crippen molar-refractivity contribution in [3.05, 3.63) is 35.5 Å². The maximum absolute atomic E-state index is 12.7. The van der Waals surface area contributed by atoms with Gasteiger partial charge in [-0.25, -0.2) is 4.79 Å². The Morgan fingerprint density at radius 1 is 1.36 bits per heavy atom. The molecule has 0 atom stereocenters. The Labute approximate surface area is 164 Å². The summed E-state index contributed by atoms with van der Waals surface area (Å²) in [6.45, 7) is 3.65. The van der Waals surface area contributed by atoms with Crippen LogP contribution in [0.1, 0.15) is 61.0 Å². The molecule has 0 bridgehead atoms. The van der Waals surface area contributed by atoms with Gasteiger partial charge in [0, 0.05) is 24.1 Å². The molecule has 28 heavy (non-hydrogen) atoms. The number of aromatic nitrogens is 1. The summed E-state index contributed by atoms with van der Waals surface area (Å²) in [7, 11) is 0. The fraction of sp³-hybridized carbons (Fsp3) is 0.524. The van der Waals surface area contributed by atoms with E-state index in [9.17, 15) is 10.0 Å². The Hall–Kier alpha value is -2.54. The number of benzene rings is 1. The van der Waals surface area contributed by atoms with Gasteiger partial charge in [0.05, 0.1) is 6.61 Å². The predicted octanol–water partition coefficient (Wildman–Crippen LogP) is 3.34. The van der Waals surface area contributed by atoms with Crippen molar-refractivity contribution in [3.63, 3.8) is 0 Å². The fourth-order valence-corrected chi connectivity index (χ4v) is 4.53. The molecule has 0 amide bonds. The number of rotatable bonds is 5. The van der Waals surface area contributed by atoms with Crippen LogP contribution in [-0.4, -0.2) is 41.4 Å². The lowest BCUT2D eigenvalue weighted by molar-refractivity contribution is 0.0502. The maximum atomic E-state index is 12.7. The highest BCUT2D eigenvalue weighted by Crippen LogP contribution is 2.44. The highest BCUT2D eigenvalue weighted by Gasteiger charge is 2.46. The molecule has 1 saturated heterocycles. The summed E-state index contributed by atoms with van der Waals surface area (Å²) >= 11 is 0. The van der Waals surface area contributed by atoms with Gasteiger partial charge in [-0.3, -0.25) is 0 Å². The van der Waals surface area contributed by atoms with Gasteiger partial charge in [0.2, 0.25) is 0 Å². The first kappa shape index (κ1) is 18.8. The van der Waals surface area contributed by atoms with Gasteiger partial charge in [-0.05, 0) is 68.7 Å². The molecule has 1 aromatic heterocycles. The SMILES string of the molecule is CCOC(=O)c1cc2cc(C3CCOCC3)ccc2n1C1(C(N)=NO)CCC1. The Morgan fingerprint density at radius 3 is 2.71 bits per heavy atom. The number of esters is 1. The second-order valence-electron chi connectivity index (χ2n) is 7.66. The third kappa shape index (κ3) is 2.94. The second kappa shape index (κ2) is 7.47. The van der Waals surface area contributed by atoms with Crippen molar-refractivity contribution in [2.24, 2.45) is 10.9 Å². The highest BCUT2D eigenvalue weighted by molar-refractivity contribution is 5.99. The van der Waals surface area contributed by atoms with E-state index in [-0.39, 0.29) is 11.8 Å². The zero-order valence-electron chi connectivity index (χ0n) is 16.2. The van der Waals surface area contributed by atoms with Gasteiger partial charge in [-0.15, -0.1) is 0 Å². The molecule has 1 saturated carbocycles. The van der Waals surface area contributed by atoms with Gasteiger partial charge in [-0.2, -0.15) is 0 Å². The van der Waals surface area contributed by atoms with Gasteiger partial charge in [0.25, 0.3) is 0 Å². The molecule has 2 fully saturated rings. The molecule has 2 aliphatic rings. The first-order valence-electron chi connectivity index (χ1n) is 9.99. The van der Waals surface area contributed by atoms with Gasteiger partial charge in [0.1, 0.15) is 11.2 Å². The number of carbonyl (C=O) groups is 1.